The zero-order chi connectivity index (χ0) is 14.9. The summed E-state index contributed by atoms with van der Waals surface area (Å²) < 4.78 is 24.2. The number of benzene rings is 1. The highest BCUT2D eigenvalue weighted by molar-refractivity contribution is 7.90. The lowest BCUT2D eigenvalue weighted by molar-refractivity contribution is 0.509. The molecular weight excluding hydrogens is 280 g/mol. The van der Waals surface area contributed by atoms with Gasteiger partial charge in [-0.05, 0) is 35.5 Å². The molecule has 8 nitrogen and oxygen atoms in total. The second kappa shape index (κ2) is 5.08. The molecule has 9 heteroatoms. The van der Waals surface area contributed by atoms with E-state index >= 15 is 0 Å². The molecule has 0 fully saturated rings. The highest BCUT2D eigenvalue weighted by Gasteiger charge is 2.19. The van der Waals surface area contributed by atoms with E-state index in [4.69, 9.17) is 11.5 Å². The van der Waals surface area contributed by atoms with E-state index in [1.807, 2.05) is 0 Å². The molecule has 1 heterocycles. The van der Waals surface area contributed by atoms with E-state index in [0.29, 0.717) is 22.8 Å². The Morgan fingerprint density at radius 1 is 1.25 bits per heavy atom. The number of sulfone groups is 1. The lowest BCUT2D eigenvalue weighted by Gasteiger charge is -2.12. The molecule has 108 valence electrons. The minimum absolute atomic E-state index is 0.0527. The van der Waals surface area contributed by atoms with Crippen molar-refractivity contribution in [2.24, 2.45) is 0 Å². The third-order valence-corrected chi connectivity index (χ3v) is 3.78. The van der Waals surface area contributed by atoms with E-state index in [1.165, 1.54) is 10.9 Å². The summed E-state index contributed by atoms with van der Waals surface area (Å²) in [4.78, 5) is 0. The number of rotatable bonds is 4. The Kier molecular flexibility index (Phi) is 3.62. The van der Waals surface area contributed by atoms with Gasteiger partial charge < -0.3 is 11.5 Å². The van der Waals surface area contributed by atoms with Crippen molar-refractivity contribution in [3.63, 3.8) is 0 Å². The quantitative estimate of drug-likeness (QED) is 0.766. The summed E-state index contributed by atoms with van der Waals surface area (Å²) in [6, 6.07) is 4.60. The topological polar surface area (TPSA) is 130 Å². The van der Waals surface area contributed by atoms with E-state index in [9.17, 15) is 8.42 Å². The summed E-state index contributed by atoms with van der Waals surface area (Å²) in [5.41, 5.74) is 13.1. The van der Waals surface area contributed by atoms with Crippen LogP contribution in [0.5, 0.6) is 0 Å². The predicted octanol–water partition coefficient (Wildman–Crippen LogP) is 0.110. The second-order valence-electron chi connectivity index (χ2n) is 4.78. The molecule has 1 aromatic heterocycles. The van der Waals surface area contributed by atoms with Crippen LogP contribution in [-0.2, 0) is 9.84 Å². The van der Waals surface area contributed by atoms with Crippen LogP contribution in [0.1, 0.15) is 13.0 Å². The zero-order valence-electron chi connectivity index (χ0n) is 11.2. The summed E-state index contributed by atoms with van der Waals surface area (Å²) in [6.07, 6.45) is 1.17. The number of aromatic nitrogens is 4. The van der Waals surface area contributed by atoms with E-state index in [1.54, 1.807) is 25.1 Å². The highest BCUT2D eigenvalue weighted by atomic mass is 32.2. The van der Waals surface area contributed by atoms with Crippen molar-refractivity contribution in [1.82, 2.24) is 20.2 Å². The Hall–Kier alpha value is -2.16. The summed E-state index contributed by atoms with van der Waals surface area (Å²) in [5.74, 6) is 0.378. The molecule has 0 saturated heterocycles. The van der Waals surface area contributed by atoms with E-state index in [2.05, 4.69) is 15.5 Å². The molecule has 20 heavy (non-hydrogen) atoms. The lowest BCUT2D eigenvalue weighted by atomic mass is 10.1. The van der Waals surface area contributed by atoms with Crippen LogP contribution in [-0.4, -0.2) is 40.6 Å². The van der Waals surface area contributed by atoms with Gasteiger partial charge in [0.15, 0.2) is 5.82 Å². The van der Waals surface area contributed by atoms with Crippen LogP contribution in [0.3, 0.4) is 0 Å². The van der Waals surface area contributed by atoms with Gasteiger partial charge in [0.05, 0.1) is 11.8 Å². The van der Waals surface area contributed by atoms with Crippen LogP contribution in [0.2, 0.25) is 0 Å². The summed E-state index contributed by atoms with van der Waals surface area (Å²) in [7, 11) is -3.13. The van der Waals surface area contributed by atoms with Gasteiger partial charge >= 0.3 is 0 Å². The van der Waals surface area contributed by atoms with E-state index < -0.39 is 15.9 Å². The van der Waals surface area contributed by atoms with Crippen LogP contribution in [0.4, 0.5) is 11.4 Å². The van der Waals surface area contributed by atoms with Gasteiger partial charge in [-0.3, -0.25) is 0 Å². The minimum Gasteiger partial charge on any atom is -0.399 e. The molecule has 0 saturated carbocycles. The van der Waals surface area contributed by atoms with Gasteiger partial charge in [0.1, 0.15) is 9.84 Å². The number of nitrogens with two attached hydrogens (primary N) is 2. The van der Waals surface area contributed by atoms with Crippen molar-refractivity contribution in [3.8, 4) is 11.4 Å². The Balaban J connectivity index is 2.42. The maximum absolute atomic E-state index is 11.4. The molecule has 0 amide bonds. The Bertz CT molecular complexity index is 704. The number of hydrogen-bond donors (Lipinski definition) is 2. The molecule has 4 N–H and O–H groups in total. The van der Waals surface area contributed by atoms with Crippen molar-refractivity contribution in [1.29, 1.82) is 0 Å². The van der Waals surface area contributed by atoms with E-state index in [0.717, 1.165) is 0 Å². The van der Waals surface area contributed by atoms with Crippen molar-refractivity contribution < 1.29 is 8.42 Å². The van der Waals surface area contributed by atoms with Crippen molar-refractivity contribution in [2.75, 3.05) is 23.5 Å². The van der Waals surface area contributed by atoms with Gasteiger partial charge in [-0.25, -0.2) is 13.1 Å². The molecule has 0 aliphatic heterocycles. The molecule has 2 rings (SSSR count). The van der Waals surface area contributed by atoms with Gasteiger partial charge in [-0.1, -0.05) is 0 Å². The molecule has 0 aliphatic rings. The third kappa shape index (κ3) is 3.23. The highest BCUT2D eigenvalue weighted by Crippen LogP contribution is 2.24. The SMILES string of the molecule is CC(CS(C)(=O)=O)n1nnnc1-c1cc(N)cc(N)c1. The van der Waals surface area contributed by atoms with Crippen molar-refractivity contribution >= 4 is 21.2 Å². The number of nitrogens with zero attached hydrogens (tertiary/aromatic N) is 4. The summed E-state index contributed by atoms with van der Waals surface area (Å²) >= 11 is 0. The van der Waals surface area contributed by atoms with Crippen molar-refractivity contribution in [3.05, 3.63) is 18.2 Å². The fourth-order valence-electron chi connectivity index (χ4n) is 1.99. The summed E-state index contributed by atoms with van der Waals surface area (Å²) in [6.45, 7) is 1.73. The maximum atomic E-state index is 11.4. The predicted molar refractivity (Wildman–Crippen MR) is 76.5 cm³/mol. The molecule has 0 bridgehead atoms. The summed E-state index contributed by atoms with van der Waals surface area (Å²) in [5, 5.41) is 11.4. The van der Waals surface area contributed by atoms with Crippen LogP contribution in [0.15, 0.2) is 18.2 Å². The van der Waals surface area contributed by atoms with Gasteiger partial charge in [0.25, 0.3) is 0 Å². The van der Waals surface area contributed by atoms with Crippen LogP contribution in [0.25, 0.3) is 11.4 Å². The van der Waals surface area contributed by atoms with Crippen LogP contribution < -0.4 is 11.5 Å². The number of tetrazole rings is 1. The standard InChI is InChI=1S/C11H16N6O2S/c1-7(6-20(2,18)19)17-11(14-15-16-17)8-3-9(12)5-10(13)4-8/h3-5,7H,6,12-13H2,1-2H3. The Morgan fingerprint density at radius 3 is 2.40 bits per heavy atom. The molecule has 0 radical (unpaired) electrons. The number of hydrogen-bond acceptors (Lipinski definition) is 7. The van der Waals surface area contributed by atoms with E-state index in [-0.39, 0.29) is 5.75 Å². The van der Waals surface area contributed by atoms with Crippen molar-refractivity contribution in [2.45, 2.75) is 13.0 Å². The van der Waals surface area contributed by atoms with Gasteiger partial charge in [-0.2, -0.15) is 0 Å². The molecule has 0 spiro atoms. The number of nitrogen functional groups attached to an aromatic ring is 2. The zero-order valence-corrected chi connectivity index (χ0v) is 12.0. The maximum Gasteiger partial charge on any atom is 0.182 e. The molecule has 1 unspecified atom stereocenters. The fourth-order valence-corrected chi connectivity index (χ4v) is 3.01. The monoisotopic (exact) mass is 296 g/mol. The van der Waals surface area contributed by atoms with Gasteiger partial charge in [-0.15, -0.1) is 5.10 Å². The number of anilines is 2. The lowest BCUT2D eigenvalue weighted by Crippen LogP contribution is -2.18. The first-order chi connectivity index (χ1) is 9.26. The van der Waals surface area contributed by atoms with Gasteiger partial charge in [0, 0.05) is 23.2 Å². The largest absolute Gasteiger partial charge is 0.399 e. The fraction of sp³-hybridized carbons (Fsp3) is 0.364. The first-order valence-electron chi connectivity index (χ1n) is 5.88. The third-order valence-electron chi connectivity index (χ3n) is 2.69. The Labute approximate surface area is 116 Å². The minimum atomic E-state index is -3.13. The van der Waals surface area contributed by atoms with Crippen LogP contribution >= 0.6 is 0 Å². The molecular formula is C11H16N6O2S. The Morgan fingerprint density at radius 2 is 1.85 bits per heavy atom. The second-order valence-corrected chi connectivity index (χ2v) is 6.96. The van der Waals surface area contributed by atoms with Crippen LogP contribution in [0, 0.1) is 0 Å². The first kappa shape index (κ1) is 14.3. The average Bonchev–Trinajstić information content (AvgIpc) is 2.73. The molecule has 1 aromatic carbocycles. The average molecular weight is 296 g/mol. The smallest absolute Gasteiger partial charge is 0.182 e. The molecule has 0 aliphatic carbocycles. The normalized spacial score (nSPS) is 13.3. The molecule has 1 atom stereocenters. The molecule has 2 aromatic rings. The first-order valence-corrected chi connectivity index (χ1v) is 7.94. The van der Waals surface area contributed by atoms with Gasteiger partial charge in [0.2, 0.25) is 0 Å².